The highest BCUT2D eigenvalue weighted by Crippen LogP contribution is 2.25. The normalized spacial score (nSPS) is 17.3. The standard InChI is InChI=1S/C18H26F3N3OS/c1-13(2)14-3-5-15(6-4-14)26-12-17(25)23-11-16(18(19,20)21)24-9-7-22-8-10-24/h3-6,13,16,22H,7-12H2,1-2H3,(H,23,25). The molecule has 1 aliphatic rings. The van der Waals surface area contributed by atoms with Gasteiger partial charge in [-0.2, -0.15) is 13.2 Å². The Morgan fingerprint density at radius 2 is 1.85 bits per heavy atom. The number of amides is 1. The van der Waals surface area contributed by atoms with Crippen LogP contribution in [0.2, 0.25) is 0 Å². The second-order valence-electron chi connectivity index (χ2n) is 6.66. The van der Waals surface area contributed by atoms with Crippen molar-refractivity contribution in [3.8, 4) is 0 Å². The third kappa shape index (κ3) is 6.48. The van der Waals surface area contributed by atoms with E-state index >= 15 is 0 Å². The molecule has 1 heterocycles. The van der Waals surface area contributed by atoms with Gasteiger partial charge in [0.1, 0.15) is 6.04 Å². The van der Waals surface area contributed by atoms with Gasteiger partial charge in [-0.05, 0) is 23.6 Å². The van der Waals surface area contributed by atoms with Gasteiger partial charge in [0.2, 0.25) is 5.91 Å². The summed E-state index contributed by atoms with van der Waals surface area (Å²) < 4.78 is 39.9. The maximum absolute atomic E-state index is 13.3. The quantitative estimate of drug-likeness (QED) is 0.704. The van der Waals surface area contributed by atoms with Gasteiger partial charge in [-0.1, -0.05) is 26.0 Å². The van der Waals surface area contributed by atoms with Gasteiger partial charge in [0.15, 0.2) is 0 Å². The third-order valence-corrected chi connectivity index (χ3v) is 5.39. The molecule has 1 unspecified atom stereocenters. The molecular weight excluding hydrogens is 363 g/mol. The van der Waals surface area contributed by atoms with Crippen LogP contribution in [0.4, 0.5) is 13.2 Å². The summed E-state index contributed by atoms with van der Waals surface area (Å²) in [5.74, 6) is 0.154. The average molecular weight is 389 g/mol. The van der Waals surface area contributed by atoms with Gasteiger partial charge in [0.25, 0.3) is 0 Å². The molecule has 1 saturated heterocycles. The fraction of sp³-hybridized carbons (Fsp3) is 0.611. The van der Waals surface area contributed by atoms with Crippen molar-refractivity contribution in [1.29, 1.82) is 0 Å². The van der Waals surface area contributed by atoms with E-state index in [1.165, 1.54) is 22.2 Å². The minimum Gasteiger partial charge on any atom is -0.353 e. The van der Waals surface area contributed by atoms with Gasteiger partial charge in [-0.25, -0.2) is 0 Å². The van der Waals surface area contributed by atoms with E-state index in [0.717, 1.165) is 4.90 Å². The Labute approximate surface area is 156 Å². The van der Waals surface area contributed by atoms with E-state index in [2.05, 4.69) is 24.5 Å². The maximum Gasteiger partial charge on any atom is 0.405 e. The second-order valence-corrected chi connectivity index (χ2v) is 7.71. The number of piperazine rings is 1. The molecule has 8 heteroatoms. The molecule has 2 N–H and O–H groups in total. The first kappa shape index (κ1) is 21.1. The summed E-state index contributed by atoms with van der Waals surface area (Å²) in [5.41, 5.74) is 1.21. The van der Waals surface area contributed by atoms with Crippen LogP contribution in [-0.4, -0.2) is 61.5 Å². The number of hydrogen-bond acceptors (Lipinski definition) is 4. The van der Waals surface area contributed by atoms with Crippen LogP contribution in [0.15, 0.2) is 29.2 Å². The van der Waals surface area contributed by atoms with E-state index in [9.17, 15) is 18.0 Å². The fourth-order valence-electron chi connectivity index (χ4n) is 2.81. The lowest BCUT2D eigenvalue weighted by Gasteiger charge is -2.35. The van der Waals surface area contributed by atoms with Crippen molar-refractivity contribution in [1.82, 2.24) is 15.5 Å². The van der Waals surface area contributed by atoms with Crippen LogP contribution < -0.4 is 10.6 Å². The van der Waals surface area contributed by atoms with Crippen molar-refractivity contribution in [2.24, 2.45) is 0 Å². The zero-order valence-electron chi connectivity index (χ0n) is 15.1. The molecule has 146 valence electrons. The molecule has 1 amide bonds. The molecular formula is C18H26F3N3OS. The molecule has 0 aliphatic carbocycles. The number of thioether (sulfide) groups is 1. The van der Waals surface area contributed by atoms with Crippen LogP contribution in [0.5, 0.6) is 0 Å². The van der Waals surface area contributed by atoms with Crippen LogP contribution in [0.3, 0.4) is 0 Å². The van der Waals surface area contributed by atoms with E-state index in [0.29, 0.717) is 32.1 Å². The van der Waals surface area contributed by atoms with Gasteiger partial charge in [-0.3, -0.25) is 9.69 Å². The maximum atomic E-state index is 13.3. The topological polar surface area (TPSA) is 44.4 Å². The van der Waals surface area contributed by atoms with Crippen molar-refractivity contribution < 1.29 is 18.0 Å². The van der Waals surface area contributed by atoms with E-state index in [4.69, 9.17) is 0 Å². The van der Waals surface area contributed by atoms with Gasteiger partial charge in [-0.15, -0.1) is 11.8 Å². The molecule has 1 atom stereocenters. The van der Waals surface area contributed by atoms with Crippen LogP contribution in [0.1, 0.15) is 25.3 Å². The monoisotopic (exact) mass is 389 g/mol. The summed E-state index contributed by atoms with van der Waals surface area (Å²) in [6.07, 6.45) is -4.36. The molecule has 0 spiro atoms. The van der Waals surface area contributed by atoms with E-state index in [1.807, 2.05) is 24.3 Å². The summed E-state index contributed by atoms with van der Waals surface area (Å²) in [5, 5.41) is 5.48. The first-order chi connectivity index (χ1) is 12.3. The molecule has 2 rings (SSSR count). The Kier molecular flexibility index (Phi) is 7.79. The highest BCUT2D eigenvalue weighted by Gasteiger charge is 2.43. The van der Waals surface area contributed by atoms with Crippen LogP contribution in [0.25, 0.3) is 0 Å². The minimum atomic E-state index is -4.36. The highest BCUT2D eigenvalue weighted by atomic mass is 32.2. The summed E-state index contributed by atoms with van der Waals surface area (Å²) in [4.78, 5) is 14.3. The SMILES string of the molecule is CC(C)c1ccc(SCC(=O)NCC(N2CCNCC2)C(F)(F)F)cc1. The first-order valence-electron chi connectivity index (χ1n) is 8.78. The van der Waals surface area contributed by atoms with Gasteiger partial charge >= 0.3 is 6.18 Å². The van der Waals surface area contributed by atoms with E-state index in [-0.39, 0.29) is 11.7 Å². The number of nitrogens with one attached hydrogen (secondary N) is 2. The number of benzene rings is 1. The second kappa shape index (κ2) is 9.62. The average Bonchev–Trinajstić information content (AvgIpc) is 2.60. The number of rotatable bonds is 7. The lowest BCUT2D eigenvalue weighted by Crippen LogP contribution is -2.57. The molecule has 0 aromatic heterocycles. The van der Waals surface area contributed by atoms with Gasteiger partial charge in [0, 0.05) is 37.6 Å². The predicted octanol–water partition coefficient (Wildman–Crippen LogP) is 2.85. The van der Waals surface area contributed by atoms with Crippen molar-refractivity contribution in [2.45, 2.75) is 36.9 Å². The zero-order valence-corrected chi connectivity index (χ0v) is 15.9. The molecule has 26 heavy (non-hydrogen) atoms. The Bertz CT molecular complexity index is 572. The number of carbonyl (C=O) groups excluding carboxylic acids is 1. The Morgan fingerprint density at radius 3 is 2.38 bits per heavy atom. The van der Waals surface area contributed by atoms with Crippen LogP contribution in [0, 0.1) is 0 Å². The van der Waals surface area contributed by atoms with Crippen molar-refractivity contribution in [3.63, 3.8) is 0 Å². The predicted molar refractivity (Wildman–Crippen MR) is 98.6 cm³/mol. The zero-order chi connectivity index (χ0) is 19.2. The largest absolute Gasteiger partial charge is 0.405 e. The Morgan fingerprint density at radius 1 is 1.23 bits per heavy atom. The summed E-state index contributed by atoms with van der Waals surface area (Å²) >= 11 is 1.33. The molecule has 1 aliphatic heterocycles. The molecule has 0 saturated carbocycles. The van der Waals surface area contributed by atoms with E-state index in [1.54, 1.807) is 0 Å². The van der Waals surface area contributed by atoms with Crippen molar-refractivity contribution >= 4 is 17.7 Å². The molecule has 1 aromatic rings. The number of hydrogen-bond donors (Lipinski definition) is 2. The molecule has 1 aromatic carbocycles. The van der Waals surface area contributed by atoms with E-state index < -0.39 is 18.8 Å². The van der Waals surface area contributed by atoms with Crippen LogP contribution in [-0.2, 0) is 4.79 Å². The van der Waals surface area contributed by atoms with Crippen molar-refractivity contribution in [2.75, 3.05) is 38.5 Å². The fourth-order valence-corrected chi connectivity index (χ4v) is 3.53. The minimum absolute atomic E-state index is 0.104. The van der Waals surface area contributed by atoms with Crippen LogP contribution >= 0.6 is 11.8 Å². The number of carbonyl (C=O) groups is 1. The Balaban J connectivity index is 1.81. The number of alkyl halides is 3. The number of halogens is 3. The lowest BCUT2D eigenvalue weighted by molar-refractivity contribution is -0.183. The Hall–Kier alpha value is -1.25. The lowest BCUT2D eigenvalue weighted by atomic mass is 10.0. The first-order valence-corrected chi connectivity index (χ1v) is 9.77. The van der Waals surface area contributed by atoms with Gasteiger partial charge < -0.3 is 10.6 Å². The van der Waals surface area contributed by atoms with Crippen molar-refractivity contribution in [3.05, 3.63) is 29.8 Å². The molecule has 0 radical (unpaired) electrons. The van der Waals surface area contributed by atoms with Gasteiger partial charge in [0.05, 0.1) is 5.75 Å². The highest BCUT2D eigenvalue weighted by molar-refractivity contribution is 8.00. The smallest absolute Gasteiger partial charge is 0.353 e. The summed E-state index contributed by atoms with van der Waals surface area (Å²) in [6.45, 7) is 5.52. The summed E-state index contributed by atoms with van der Waals surface area (Å²) in [6, 6.07) is 6.26. The molecule has 4 nitrogen and oxygen atoms in total. The molecule has 1 fully saturated rings. The summed E-state index contributed by atoms with van der Waals surface area (Å²) in [7, 11) is 0. The number of nitrogens with zero attached hydrogens (tertiary/aromatic N) is 1. The third-order valence-electron chi connectivity index (χ3n) is 4.38. The molecule has 0 bridgehead atoms.